The van der Waals surface area contributed by atoms with E-state index in [1.54, 1.807) is 7.11 Å². The van der Waals surface area contributed by atoms with E-state index in [-0.39, 0.29) is 5.91 Å². The fraction of sp³-hybridized carbons (Fsp3) is 0.409. The van der Waals surface area contributed by atoms with Gasteiger partial charge in [-0.05, 0) is 56.1 Å². The van der Waals surface area contributed by atoms with E-state index in [4.69, 9.17) is 4.74 Å². The molecule has 2 aromatic carbocycles. The number of carbonyl (C=O) groups excluding carboxylic acids is 1. The maximum absolute atomic E-state index is 12.2. The molecule has 0 saturated heterocycles. The number of benzene rings is 2. The van der Waals surface area contributed by atoms with Gasteiger partial charge in [-0.2, -0.15) is 0 Å². The molecule has 0 atom stereocenters. The molecule has 4 heteroatoms. The molecule has 0 aliphatic carbocycles. The minimum Gasteiger partial charge on any atom is -0.497 e. The van der Waals surface area contributed by atoms with Crippen LogP contribution >= 0.6 is 0 Å². The number of methoxy groups -OCH3 is 1. The van der Waals surface area contributed by atoms with Crippen molar-refractivity contribution in [2.75, 3.05) is 14.2 Å². The van der Waals surface area contributed by atoms with Gasteiger partial charge in [0.05, 0.1) is 7.11 Å². The molecule has 0 aromatic heterocycles. The van der Waals surface area contributed by atoms with Gasteiger partial charge in [-0.25, -0.2) is 0 Å². The van der Waals surface area contributed by atoms with Gasteiger partial charge >= 0.3 is 0 Å². The second-order valence-corrected chi connectivity index (χ2v) is 6.90. The summed E-state index contributed by atoms with van der Waals surface area (Å²) in [5.74, 6) is 0.911. The number of amides is 1. The van der Waals surface area contributed by atoms with Gasteiger partial charge in [-0.1, -0.05) is 36.4 Å². The quantitative estimate of drug-likeness (QED) is 0.745. The van der Waals surface area contributed by atoms with Crippen LogP contribution in [0.4, 0.5) is 0 Å². The lowest BCUT2D eigenvalue weighted by atomic mass is 10.1. The summed E-state index contributed by atoms with van der Waals surface area (Å²) in [6.45, 7) is 5.83. The summed E-state index contributed by atoms with van der Waals surface area (Å²) in [7, 11) is 3.77. The van der Waals surface area contributed by atoms with Crippen molar-refractivity contribution < 1.29 is 9.53 Å². The number of hydrogen-bond acceptors (Lipinski definition) is 3. The van der Waals surface area contributed by atoms with Gasteiger partial charge < -0.3 is 10.1 Å². The Morgan fingerprint density at radius 2 is 1.73 bits per heavy atom. The van der Waals surface area contributed by atoms with E-state index in [2.05, 4.69) is 49.3 Å². The number of aryl methyl sites for hydroxylation is 1. The van der Waals surface area contributed by atoms with Crippen molar-refractivity contribution in [3.8, 4) is 5.75 Å². The van der Waals surface area contributed by atoms with Gasteiger partial charge in [0.25, 0.3) is 0 Å². The van der Waals surface area contributed by atoms with E-state index in [1.165, 1.54) is 11.1 Å². The SMILES string of the molecule is COc1ccc(CCC(=O)NCc2ccccc2CN(C)C(C)C)cc1. The van der Waals surface area contributed by atoms with Crippen molar-refractivity contribution in [2.45, 2.75) is 45.8 Å². The molecular weight excluding hydrogens is 324 g/mol. The number of nitrogens with one attached hydrogen (secondary N) is 1. The first-order chi connectivity index (χ1) is 12.5. The number of carbonyl (C=O) groups is 1. The summed E-state index contributed by atoms with van der Waals surface area (Å²) in [6.07, 6.45) is 1.22. The molecule has 0 heterocycles. The third kappa shape index (κ3) is 6.19. The average Bonchev–Trinajstić information content (AvgIpc) is 2.66. The highest BCUT2D eigenvalue weighted by Crippen LogP contribution is 2.14. The fourth-order valence-electron chi connectivity index (χ4n) is 2.67. The molecule has 0 unspecified atom stereocenters. The van der Waals surface area contributed by atoms with E-state index < -0.39 is 0 Å². The largest absolute Gasteiger partial charge is 0.497 e. The van der Waals surface area contributed by atoms with Crippen LogP contribution in [-0.4, -0.2) is 31.0 Å². The van der Waals surface area contributed by atoms with Gasteiger partial charge in [0, 0.05) is 25.6 Å². The van der Waals surface area contributed by atoms with Crippen molar-refractivity contribution in [3.63, 3.8) is 0 Å². The number of nitrogens with zero attached hydrogens (tertiary/aromatic N) is 1. The lowest BCUT2D eigenvalue weighted by Gasteiger charge is -2.22. The van der Waals surface area contributed by atoms with Crippen LogP contribution in [0.5, 0.6) is 5.75 Å². The van der Waals surface area contributed by atoms with Crippen LogP contribution in [0.3, 0.4) is 0 Å². The average molecular weight is 354 g/mol. The lowest BCUT2D eigenvalue weighted by Crippen LogP contribution is -2.27. The molecule has 1 amide bonds. The summed E-state index contributed by atoms with van der Waals surface area (Å²) >= 11 is 0. The lowest BCUT2D eigenvalue weighted by molar-refractivity contribution is -0.121. The van der Waals surface area contributed by atoms with Crippen LogP contribution in [0.2, 0.25) is 0 Å². The third-order valence-corrected chi connectivity index (χ3v) is 4.70. The van der Waals surface area contributed by atoms with Gasteiger partial charge in [0.15, 0.2) is 0 Å². The number of hydrogen-bond donors (Lipinski definition) is 1. The van der Waals surface area contributed by atoms with Gasteiger partial charge in [0.1, 0.15) is 5.75 Å². The maximum Gasteiger partial charge on any atom is 0.220 e. The Kier molecular flexibility index (Phi) is 7.67. The summed E-state index contributed by atoms with van der Waals surface area (Å²) in [4.78, 5) is 14.5. The highest BCUT2D eigenvalue weighted by molar-refractivity contribution is 5.76. The van der Waals surface area contributed by atoms with Crippen LogP contribution in [0, 0.1) is 0 Å². The molecule has 0 aliphatic heterocycles. The second-order valence-electron chi connectivity index (χ2n) is 6.90. The van der Waals surface area contributed by atoms with E-state index >= 15 is 0 Å². The molecule has 0 fully saturated rings. The number of rotatable bonds is 9. The predicted octanol–water partition coefficient (Wildman–Crippen LogP) is 3.78. The molecule has 2 rings (SSSR count). The molecule has 1 N–H and O–H groups in total. The molecule has 4 nitrogen and oxygen atoms in total. The Bertz CT molecular complexity index is 696. The van der Waals surface area contributed by atoms with Crippen molar-refractivity contribution in [1.82, 2.24) is 10.2 Å². The van der Waals surface area contributed by atoms with E-state index in [0.29, 0.717) is 19.0 Å². The van der Waals surface area contributed by atoms with Crippen LogP contribution in [-0.2, 0) is 24.3 Å². The van der Waals surface area contributed by atoms with Crippen LogP contribution < -0.4 is 10.1 Å². The summed E-state index contributed by atoms with van der Waals surface area (Å²) in [6, 6.07) is 16.7. The summed E-state index contributed by atoms with van der Waals surface area (Å²) in [5, 5.41) is 3.05. The van der Waals surface area contributed by atoms with Gasteiger partial charge in [-0.15, -0.1) is 0 Å². The molecule has 0 aliphatic rings. The monoisotopic (exact) mass is 354 g/mol. The predicted molar refractivity (Wildman–Crippen MR) is 106 cm³/mol. The van der Waals surface area contributed by atoms with Crippen molar-refractivity contribution in [3.05, 3.63) is 65.2 Å². The van der Waals surface area contributed by atoms with E-state index in [1.807, 2.05) is 30.3 Å². The molecule has 0 saturated carbocycles. The maximum atomic E-state index is 12.2. The van der Waals surface area contributed by atoms with Crippen LogP contribution in [0.25, 0.3) is 0 Å². The smallest absolute Gasteiger partial charge is 0.220 e. The highest BCUT2D eigenvalue weighted by Gasteiger charge is 2.09. The fourth-order valence-corrected chi connectivity index (χ4v) is 2.67. The first-order valence-corrected chi connectivity index (χ1v) is 9.16. The first-order valence-electron chi connectivity index (χ1n) is 9.16. The molecule has 26 heavy (non-hydrogen) atoms. The summed E-state index contributed by atoms with van der Waals surface area (Å²) in [5.41, 5.74) is 3.58. The van der Waals surface area contributed by atoms with Crippen molar-refractivity contribution in [1.29, 1.82) is 0 Å². The van der Waals surface area contributed by atoms with Gasteiger partial charge in [0.2, 0.25) is 5.91 Å². The van der Waals surface area contributed by atoms with Crippen LogP contribution in [0.1, 0.15) is 37.0 Å². The Balaban J connectivity index is 1.85. The molecule has 0 bridgehead atoms. The number of ether oxygens (including phenoxy) is 1. The standard InChI is InChI=1S/C22H30N2O2/c1-17(2)24(3)16-20-8-6-5-7-19(20)15-23-22(25)14-11-18-9-12-21(26-4)13-10-18/h5-10,12-13,17H,11,14-16H2,1-4H3,(H,23,25). The Morgan fingerprint density at radius 3 is 2.35 bits per heavy atom. The zero-order chi connectivity index (χ0) is 18.9. The Morgan fingerprint density at radius 1 is 1.08 bits per heavy atom. The van der Waals surface area contributed by atoms with E-state index in [9.17, 15) is 4.79 Å². The minimum atomic E-state index is 0.0767. The second kappa shape index (κ2) is 9.97. The molecule has 0 spiro atoms. The summed E-state index contributed by atoms with van der Waals surface area (Å²) < 4.78 is 5.15. The molecule has 0 radical (unpaired) electrons. The first kappa shape index (κ1) is 20.0. The molecule has 140 valence electrons. The molecular formula is C22H30N2O2. The van der Waals surface area contributed by atoms with Crippen LogP contribution in [0.15, 0.2) is 48.5 Å². The van der Waals surface area contributed by atoms with Gasteiger partial charge in [-0.3, -0.25) is 9.69 Å². The minimum absolute atomic E-state index is 0.0767. The molecule has 2 aromatic rings. The van der Waals surface area contributed by atoms with E-state index in [0.717, 1.165) is 24.3 Å². The van der Waals surface area contributed by atoms with Crippen molar-refractivity contribution >= 4 is 5.91 Å². The Hall–Kier alpha value is -2.33. The topological polar surface area (TPSA) is 41.6 Å². The Labute approximate surface area is 157 Å². The zero-order valence-electron chi connectivity index (χ0n) is 16.3. The highest BCUT2D eigenvalue weighted by atomic mass is 16.5. The third-order valence-electron chi connectivity index (χ3n) is 4.70. The zero-order valence-corrected chi connectivity index (χ0v) is 16.3. The normalized spacial score (nSPS) is 11.0. The van der Waals surface area contributed by atoms with Crippen molar-refractivity contribution in [2.24, 2.45) is 0 Å².